The largest absolute Gasteiger partial charge is 0.497 e. The zero-order valence-corrected chi connectivity index (χ0v) is 11.1. The van der Waals surface area contributed by atoms with E-state index in [1.807, 2.05) is 0 Å². The summed E-state index contributed by atoms with van der Waals surface area (Å²) in [5, 5.41) is 14.8. The number of aliphatic carboxylic acids is 1. The molecule has 19 heavy (non-hydrogen) atoms. The lowest BCUT2D eigenvalue weighted by Crippen LogP contribution is -2.39. The number of hydrogen-bond acceptors (Lipinski definition) is 4. The van der Waals surface area contributed by atoms with Crippen LogP contribution in [0.2, 0.25) is 0 Å². The zero-order chi connectivity index (χ0) is 13.9. The minimum absolute atomic E-state index is 0.757. The lowest BCUT2D eigenvalue weighted by molar-refractivity contribution is -0.131. The highest BCUT2D eigenvalue weighted by Gasteiger charge is 1.92. The number of hydrogen-bond donors (Lipinski definition) is 3. The van der Waals surface area contributed by atoms with Crippen molar-refractivity contribution in [3.05, 3.63) is 35.9 Å². The third-order valence-electron chi connectivity index (χ3n) is 2.49. The highest BCUT2D eigenvalue weighted by atomic mass is 16.5. The summed E-state index contributed by atoms with van der Waals surface area (Å²) >= 11 is 0. The molecule has 104 valence electrons. The molecule has 1 aliphatic heterocycles. The molecule has 0 saturated carbocycles. The Morgan fingerprint density at radius 3 is 2.05 bits per heavy atom. The van der Waals surface area contributed by atoms with Gasteiger partial charge in [0.15, 0.2) is 0 Å². The molecule has 0 spiro atoms. The summed E-state index contributed by atoms with van der Waals surface area (Å²) in [5.41, 5.74) is 0.836. The Kier molecular flexibility index (Phi) is 7.31. The molecule has 0 radical (unpaired) electrons. The first-order valence-corrected chi connectivity index (χ1v) is 6.19. The number of carbonyl (C=O) groups is 1. The van der Waals surface area contributed by atoms with E-state index in [4.69, 9.17) is 9.84 Å². The molecule has 0 unspecified atom stereocenters. The molecule has 1 fully saturated rings. The van der Waals surface area contributed by atoms with E-state index in [9.17, 15) is 4.79 Å². The van der Waals surface area contributed by atoms with Crippen molar-refractivity contribution in [3.8, 4) is 5.75 Å². The highest BCUT2D eigenvalue weighted by molar-refractivity contribution is 5.85. The van der Waals surface area contributed by atoms with Gasteiger partial charge in [-0.25, -0.2) is 4.79 Å². The van der Waals surface area contributed by atoms with Gasteiger partial charge < -0.3 is 20.5 Å². The smallest absolute Gasteiger partial charge is 0.328 e. The summed E-state index contributed by atoms with van der Waals surface area (Å²) in [6, 6.07) is 7.14. The lowest BCUT2D eigenvalue weighted by atomic mass is 10.2. The fourth-order valence-electron chi connectivity index (χ4n) is 1.49. The topological polar surface area (TPSA) is 70.6 Å². The van der Waals surface area contributed by atoms with Crippen LogP contribution in [0.3, 0.4) is 0 Å². The Labute approximate surface area is 113 Å². The van der Waals surface area contributed by atoms with Crippen molar-refractivity contribution in [2.45, 2.75) is 0 Å². The van der Waals surface area contributed by atoms with Crippen LogP contribution in [0.4, 0.5) is 0 Å². The van der Waals surface area contributed by atoms with Crippen molar-refractivity contribution in [3.63, 3.8) is 0 Å². The number of ether oxygens (including phenoxy) is 1. The number of carboxylic acids is 1. The van der Waals surface area contributed by atoms with Crippen molar-refractivity contribution in [1.82, 2.24) is 10.6 Å². The first kappa shape index (κ1) is 15.2. The average molecular weight is 264 g/mol. The number of methoxy groups -OCH3 is 1. The predicted octanol–water partition coefficient (Wildman–Crippen LogP) is 0.972. The van der Waals surface area contributed by atoms with Gasteiger partial charge >= 0.3 is 5.97 Å². The summed E-state index contributed by atoms with van der Waals surface area (Å²) in [5.74, 6) is -0.191. The van der Waals surface area contributed by atoms with Crippen LogP contribution in [-0.2, 0) is 4.79 Å². The maximum absolute atomic E-state index is 10.2. The molecular formula is C14H20N2O3. The van der Waals surface area contributed by atoms with Gasteiger partial charge in [0.05, 0.1) is 7.11 Å². The molecule has 5 nitrogen and oxygen atoms in total. The number of nitrogens with one attached hydrogen (secondary N) is 2. The number of rotatable bonds is 3. The Bertz CT molecular complexity index is 386. The SMILES string of the molecule is C1CNCCN1.COc1ccc(/C=C/C(=O)O)cc1. The average Bonchev–Trinajstić information content (AvgIpc) is 2.48. The van der Waals surface area contributed by atoms with Crippen molar-refractivity contribution in [2.24, 2.45) is 0 Å². The standard InChI is InChI=1S/C10H10O3.C4H10N2/c1-13-9-5-2-8(3-6-9)4-7-10(11)12;1-2-6-4-3-5-1/h2-7H,1H3,(H,11,12);5-6H,1-4H2/b7-4+;. The van der Waals surface area contributed by atoms with Crippen molar-refractivity contribution in [2.75, 3.05) is 33.3 Å². The molecule has 0 amide bonds. The van der Waals surface area contributed by atoms with Gasteiger partial charge in [0.2, 0.25) is 0 Å². The van der Waals surface area contributed by atoms with Crippen LogP contribution in [0.25, 0.3) is 6.08 Å². The molecule has 3 N–H and O–H groups in total. The number of carboxylic acid groups (broad SMARTS) is 1. The summed E-state index contributed by atoms with van der Waals surface area (Å²) in [6.45, 7) is 4.56. The highest BCUT2D eigenvalue weighted by Crippen LogP contribution is 2.11. The van der Waals surface area contributed by atoms with Gasteiger partial charge in [0.1, 0.15) is 5.75 Å². The van der Waals surface area contributed by atoms with Gasteiger partial charge in [-0.1, -0.05) is 12.1 Å². The van der Waals surface area contributed by atoms with Gasteiger partial charge in [0, 0.05) is 32.3 Å². The van der Waals surface area contributed by atoms with E-state index in [0.717, 1.165) is 43.6 Å². The second-order valence-electron chi connectivity index (χ2n) is 3.94. The van der Waals surface area contributed by atoms with Gasteiger partial charge in [-0.2, -0.15) is 0 Å². The van der Waals surface area contributed by atoms with Crippen LogP contribution in [-0.4, -0.2) is 44.4 Å². The second-order valence-corrected chi connectivity index (χ2v) is 3.94. The van der Waals surface area contributed by atoms with Gasteiger partial charge in [0.25, 0.3) is 0 Å². The van der Waals surface area contributed by atoms with E-state index in [2.05, 4.69) is 10.6 Å². The maximum atomic E-state index is 10.2. The molecule has 2 rings (SSSR count). The van der Waals surface area contributed by atoms with Gasteiger partial charge in [-0.05, 0) is 23.8 Å². The van der Waals surface area contributed by atoms with E-state index in [1.54, 1.807) is 31.4 Å². The molecule has 1 aromatic rings. The Morgan fingerprint density at radius 1 is 1.16 bits per heavy atom. The normalized spacial score (nSPS) is 14.6. The van der Waals surface area contributed by atoms with E-state index >= 15 is 0 Å². The van der Waals surface area contributed by atoms with Crippen LogP contribution in [0.1, 0.15) is 5.56 Å². The molecule has 1 aliphatic rings. The van der Waals surface area contributed by atoms with Crippen LogP contribution < -0.4 is 15.4 Å². The summed E-state index contributed by atoms with van der Waals surface area (Å²) in [4.78, 5) is 10.2. The third kappa shape index (κ3) is 7.23. The molecule has 1 aromatic carbocycles. The molecule has 5 heteroatoms. The molecule has 1 saturated heterocycles. The Morgan fingerprint density at radius 2 is 1.68 bits per heavy atom. The summed E-state index contributed by atoms with van der Waals surface area (Å²) in [7, 11) is 1.59. The summed E-state index contributed by atoms with van der Waals surface area (Å²) < 4.78 is 4.95. The van der Waals surface area contributed by atoms with Crippen molar-refractivity contribution in [1.29, 1.82) is 0 Å². The molecule has 0 aromatic heterocycles. The lowest BCUT2D eigenvalue weighted by Gasteiger charge is -2.11. The first-order valence-electron chi connectivity index (χ1n) is 6.19. The molecule has 0 bridgehead atoms. The maximum Gasteiger partial charge on any atom is 0.328 e. The molecule has 0 aliphatic carbocycles. The van der Waals surface area contributed by atoms with Gasteiger partial charge in [-0.15, -0.1) is 0 Å². The van der Waals surface area contributed by atoms with E-state index in [-0.39, 0.29) is 0 Å². The first-order chi connectivity index (χ1) is 9.22. The fraction of sp³-hybridized carbons (Fsp3) is 0.357. The summed E-state index contributed by atoms with van der Waals surface area (Å²) in [6.07, 6.45) is 2.63. The van der Waals surface area contributed by atoms with Gasteiger partial charge in [-0.3, -0.25) is 0 Å². The van der Waals surface area contributed by atoms with Crippen molar-refractivity contribution < 1.29 is 14.6 Å². The zero-order valence-electron chi connectivity index (χ0n) is 11.1. The second kappa shape index (κ2) is 9.13. The van der Waals surface area contributed by atoms with Crippen LogP contribution in [0.5, 0.6) is 5.75 Å². The van der Waals surface area contributed by atoms with E-state index < -0.39 is 5.97 Å². The minimum atomic E-state index is -0.948. The van der Waals surface area contributed by atoms with Crippen LogP contribution >= 0.6 is 0 Å². The fourth-order valence-corrected chi connectivity index (χ4v) is 1.49. The number of benzene rings is 1. The monoisotopic (exact) mass is 264 g/mol. The molecule has 1 heterocycles. The Hall–Kier alpha value is -1.85. The molecular weight excluding hydrogens is 244 g/mol. The quantitative estimate of drug-likeness (QED) is 0.710. The third-order valence-corrected chi connectivity index (χ3v) is 2.49. The van der Waals surface area contributed by atoms with Crippen LogP contribution in [0.15, 0.2) is 30.3 Å². The van der Waals surface area contributed by atoms with E-state index in [0.29, 0.717) is 0 Å². The number of piperazine rings is 1. The van der Waals surface area contributed by atoms with Crippen LogP contribution in [0, 0.1) is 0 Å². The van der Waals surface area contributed by atoms with E-state index in [1.165, 1.54) is 6.08 Å². The van der Waals surface area contributed by atoms with Crippen molar-refractivity contribution >= 4 is 12.0 Å². The molecule has 0 atom stereocenters. The predicted molar refractivity (Wildman–Crippen MR) is 75.4 cm³/mol. The Balaban J connectivity index is 0.000000250. The minimum Gasteiger partial charge on any atom is -0.497 e.